The number of hydrogen-bond acceptors (Lipinski definition) is 3. The van der Waals surface area contributed by atoms with Crippen LogP contribution in [0.4, 0.5) is 5.69 Å². The third-order valence-electron chi connectivity index (χ3n) is 1.84. The monoisotopic (exact) mass is 264 g/mol. The molecule has 3 N–H and O–H groups in total. The highest BCUT2D eigenvalue weighted by molar-refractivity contribution is 7.91. The van der Waals surface area contributed by atoms with E-state index in [9.17, 15) is 13.0 Å². The predicted octanol–water partition coefficient (Wildman–Crippen LogP) is 0.552. The summed E-state index contributed by atoms with van der Waals surface area (Å²) in [6.45, 7) is 0. The summed E-state index contributed by atoms with van der Waals surface area (Å²) in [5.41, 5.74) is 7.29. The minimum absolute atomic E-state index is 0.0391. The van der Waals surface area contributed by atoms with Crippen molar-refractivity contribution in [1.82, 2.24) is 5.73 Å². The Kier molecular flexibility index (Phi) is 3.75. The Morgan fingerprint density at radius 2 is 1.94 bits per heavy atom. The van der Waals surface area contributed by atoms with E-state index in [2.05, 4.69) is 0 Å². The van der Waals surface area contributed by atoms with Gasteiger partial charge in [-0.2, -0.15) is 0 Å². The van der Waals surface area contributed by atoms with Crippen LogP contribution in [0.2, 0.25) is 0 Å². The van der Waals surface area contributed by atoms with E-state index in [1.165, 1.54) is 18.2 Å². The maximum Gasteiger partial charge on any atom is 0.326 e. The molecule has 0 aliphatic heterocycles. The van der Waals surface area contributed by atoms with Crippen molar-refractivity contribution in [3.8, 4) is 0 Å². The number of nitrogens with one attached hydrogen (secondary N) is 1. The Morgan fingerprint density at radius 1 is 1.31 bits per heavy atom. The highest BCUT2D eigenvalue weighted by Gasteiger charge is 2.21. The zero-order valence-electron chi connectivity index (χ0n) is 8.20. The molecule has 1 radical (unpaired) electrons. The first-order valence-corrected chi connectivity index (χ1v) is 7.75. The summed E-state index contributed by atoms with van der Waals surface area (Å²) in [6.07, 6.45) is -0.711. The Bertz CT molecular complexity index is 521. The minimum atomic E-state index is -4.32. The molecule has 16 heavy (non-hydrogen) atoms. The molecule has 0 saturated heterocycles. The highest BCUT2D eigenvalue weighted by Crippen LogP contribution is 2.34. The van der Waals surface area contributed by atoms with Gasteiger partial charge in [-0.25, -0.2) is 8.42 Å². The Labute approximate surface area is 93.2 Å². The van der Waals surface area contributed by atoms with Crippen LogP contribution >= 0.6 is 7.60 Å². The van der Waals surface area contributed by atoms with Crippen molar-refractivity contribution in [1.29, 1.82) is 0 Å². The smallest absolute Gasteiger partial charge is 0.324 e. The van der Waals surface area contributed by atoms with Gasteiger partial charge in [0.1, 0.15) is 0 Å². The van der Waals surface area contributed by atoms with E-state index in [0.717, 1.165) is 6.07 Å². The largest absolute Gasteiger partial charge is 0.326 e. The lowest BCUT2D eigenvalue weighted by atomic mass is 10.3. The molecule has 0 aromatic heterocycles. The molecule has 1 aromatic rings. The molecule has 0 unspecified atom stereocenters. The van der Waals surface area contributed by atoms with E-state index in [0.29, 0.717) is 0 Å². The predicted molar refractivity (Wildman–Crippen MR) is 58.2 cm³/mol. The first-order chi connectivity index (χ1) is 7.21. The van der Waals surface area contributed by atoms with Gasteiger partial charge < -0.3 is 15.5 Å². The van der Waals surface area contributed by atoms with E-state index in [4.69, 9.17) is 15.5 Å². The lowest BCUT2D eigenvalue weighted by Gasteiger charge is -2.06. The molecular formula is C8H11NO5PS. The number of rotatable bonds is 4. The van der Waals surface area contributed by atoms with Crippen LogP contribution in [0.5, 0.6) is 0 Å². The van der Waals surface area contributed by atoms with Crippen molar-refractivity contribution in [3.63, 3.8) is 0 Å². The normalized spacial score (nSPS) is 12.6. The SMILES string of the molecule is [NH]c1cccc(S(=O)(=O)CCP(=O)(O)O)c1. The molecule has 0 spiro atoms. The maximum atomic E-state index is 11.6. The van der Waals surface area contributed by atoms with Crippen LogP contribution in [0.15, 0.2) is 29.2 Å². The van der Waals surface area contributed by atoms with E-state index in [1.54, 1.807) is 0 Å². The summed E-state index contributed by atoms with van der Waals surface area (Å²) in [7, 11) is -8.05. The van der Waals surface area contributed by atoms with Gasteiger partial charge in [-0.3, -0.25) is 4.57 Å². The van der Waals surface area contributed by atoms with E-state index in [-0.39, 0.29) is 10.6 Å². The number of hydrogen-bond donors (Lipinski definition) is 2. The molecule has 6 nitrogen and oxygen atoms in total. The zero-order valence-corrected chi connectivity index (χ0v) is 9.91. The third-order valence-corrected chi connectivity index (χ3v) is 4.67. The fourth-order valence-electron chi connectivity index (χ4n) is 1.05. The molecule has 1 rings (SSSR count). The van der Waals surface area contributed by atoms with Crippen LogP contribution in [0, 0.1) is 0 Å². The van der Waals surface area contributed by atoms with Crippen molar-refractivity contribution < 1.29 is 22.8 Å². The second kappa shape index (κ2) is 4.55. The van der Waals surface area contributed by atoms with Crippen LogP contribution < -0.4 is 5.73 Å². The fraction of sp³-hybridized carbons (Fsp3) is 0.250. The molecule has 0 atom stereocenters. The quantitative estimate of drug-likeness (QED) is 0.770. The summed E-state index contributed by atoms with van der Waals surface area (Å²) in [4.78, 5) is 17.1. The number of benzene rings is 1. The molecule has 0 bridgehead atoms. The lowest BCUT2D eigenvalue weighted by molar-refractivity contribution is 0.374. The topological polar surface area (TPSA) is 115 Å². The fourth-order valence-corrected chi connectivity index (χ4v) is 3.79. The molecule has 8 heteroatoms. The molecule has 1 aromatic carbocycles. The number of sulfone groups is 1. The highest BCUT2D eigenvalue weighted by atomic mass is 32.2. The van der Waals surface area contributed by atoms with Gasteiger partial charge in [0.2, 0.25) is 0 Å². The van der Waals surface area contributed by atoms with E-state index in [1.807, 2.05) is 0 Å². The third kappa shape index (κ3) is 3.94. The second-order valence-electron chi connectivity index (χ2n) is 3.23. The Hall–Kier alpha value is -0.880. The van der Waals surface area contributed by atoms with Crippen molar-refractivity contribution in [2.45, 2.75) is 4.90 Å². The van der Waals surface area contributed by atoms with Crippen molar-refractivity contribution >= 4 is 23.1 Å². The molecule has 0 aliphatic carbocycles. The first kappa shape index (κ1) is 13.2. The summed E-state index contributed by atoms with van der Waals surface area (Å²) in [6, 6.07) is 5.27. The van der Waals surface area contributed by atoms with Gasteiger partial charge in [-0.1, -0.05) is 6.07 Å². The molecule has 0 fully saturated rings. The van der Waals surface area contributed by atoms with Crippen molar-refractivity contribution in [3.05, 3.63) is 24.3 Å². The van der Waals surface area contributed by atoms with Crippen LogP contribution in [0.25, 0.3) is 0 Å². The summed E-state index contributed by atoms with van der Waals surface area (Å²) >= 11 is 0. The van der Waals surface area contributed by atoms with Gasteiger partial charge in [0.25, 0.3) is 0 Å². The van der Waals surface area contributed by atoms with Gasteiger partial charge in [-0.05, 0) is 18.2 Å². The molecule has 0 amide bonds. The first-order valence-electron chi connectivity index (χ1n) is 4.30. The molecule has 89 valence electrons. The second-order valence-corrected chi connectivity index (χ2v) is 7.12. The molecule has 0 saturated carbocycles. The Morgan fingerprint density at radius 3 is 2.44 bits per heavy atom. The van der Waals surface area contributed by atoms with Crippen molar-refractivity contribution in [2.75, 3.05) is 11.9 Å². The van der Waals surface area contributed by atoms with Gasteiger partial charge >= 0.3 is 7.60 Å². The average Bonchev–Trinajstić information content (AvgIpc) is 2.14. The van der Waals surface area contributed by atoms with Gasteiger partial charge in [-0.15, -0.1) is 0 Å². The van der Waals surface area contributed by atoms with Gasteiger partial charge in [0.05, 0.1) is 22.5 Å². The van der Waals surface area contributed by atoms with Gasteiger partial charge in [0.15, 0.2) is 9.84 Å². The Balaban J connectivity index is 2.91. The molecule has 0 aliphatic rings. The maximum absolute atomic E-state index is 11.6. The van der Waals surface area contributed by atoms with E-state index < -0.39 is 29.3 Å². The van der Waals surface area contributed by atoms with Crippen LogP contribution in [-0.2, 0) is 14.4 Å². The van der Waals surface area contributed by atoms with Gasteiger partial charge in [0, 0.05) is 0 Å². The molecule has 0 heterocycles. The molecular weight excluding hydrogens is 253 g/mol. The summed E-state index contributed by atoms with van der Waals surface area (Å²) < 4.78 is 33.8. The average molecular weight is 264 g/mol. The minimum Gasteiger partial charge on any atom is -0.324 e. The zero-order chi connectivity index (χ0) is 12.4. The summed E-state index contributed by atoms with van der Waals surface area (Å²) in [5, 5.41) is 0. The van der Waals surface area contributed by atoms with Crippen LogP contribution in [0.1, 0.15) is 0 Å². The van der Waals surface area contributed by atoms with Crippen molar-refractivity contribution in [2.24, 2.45) is 0 Å². The van der Waals surface area contributed by atoms with E-state index >= 15 is 0 Å². The van der Waals surface area contributed by atoms with Crippen LogP contribution in [0.3, 0.4) is 0 Å². The lowest BCUT2D eigenvalue weighted by Crippen LogP contribution is -2.10. The summed E-state index contributed by atoms with van der Waals surface area (Å²) in [5.74, 6) is -0.624. The van der Waals surface area contributed by atoms with Crippen LogP contribution in [-0.4, -0.2) is 30.1 Å². The standard InChI is InChI=1S/C8H11NO5PS/c9-7-2-1-3-8(6-7)16(13,14)5-4-15(10,11)12/h1-3,6,9H,4-5H2,(H2,10,11,12).